The Bertz CT molecular complexity index is 798. The van der Waals surface area contributed by atoms with Crippen LogP contribution in [0.1, 0.15) is 23.3 Å². The second-order valence-electron chi connectivity index (χ2n) is 6.43. The number of halogens is 1. The standard InChI is InChI=1S/C19H20FN3O3/c20-15-3-1-2-4-16(15)22-18(24)17-13-14(5-8-21-17)23-9-6-19(7-10-23)25-11-12-26-19/h1-5,8,13H,6-7,9-12H2,(H,22,24). The first-order valence-corrected chi connectivity index (χ1v) is 8.70. The van der Waals surface area contributed by atoms with Crippen LogP contribution < -0.4 is 10.2 Å². The fourth-order valence-corrected chi connectivity index (χ4v) is 3.38. The van der Waals surface area contributed by atoms with Crippen LogP contribution in [0, 0.1) is 5.82 Å². The van der Waals surface area contributed by atoms with Gasteiger partial charge in [0.25, 0.3) is 5.91 Å². The summed E-state index contributed by atoms with van der Waals surface area (Å²) in [6, 6.07) is 9.65. The molecule has 1 spiro atoms. The van der Waals surface area contributed by atoms with E-state index < -0.39 is 17.5 Å². The Hall–Kier alpha value is -2.51. The Balaban J connectivity index is 1.45. The third kappa shape index (κ3) is 3.40. The minimum Gasteiger partial charge on any atom is -0.371 e. The van der Waals surface area contributed by atoms with Gasteiger partial charge < -0.3 is 19.7 Å². The third-order valence-electron chi connectivity index (χ3n) is 4.80. The summed E-state index contributed by atoms with van der Waals surface area (Å²) in [7, 11) is 0. The Morgan fingerprint density at radius 2 is 1.88 bits per heavy atom. The molecule has 0 atom stereocenters. The number of nitrogens with zero attached hydrogens (tertiary/aromatic N) is 2. The van der Waals surface area contributed by atoms with Crippen molar-refractivity contribution in [2.75, 3.05) is 36.5 Å². The van der Waals surface area contributed by atoms with E-state index in [0.717, 1.165) is 31.6 Å². The topological polar surface area (TPSA) is 63.7 Å². The number of anilines is 2. The number of pyridine rings is 1. The predicted molar refractivity (Wildman–Crippen MR) is 94.7 cm³/mol. The Morgan fingerprint density at radius 3 is 2.62 bits per heavy atom. The zero-order valence-electron chi connectivity index (χ0n) is 14.3. The molecule has 1 amide bonds. The minimum atomic E-state index is -0.477. The number of rotatable bonds is 3. The first-order valence-electron chi connectivity index (χ1n) is 8.70. The normalized spacial score (nSPS) is 18.9. The lowest BCUT2D eigenvalue weighted by Crippen LogP contribution is -2.45. The Morgan fingerprint density at radius 1 is 1.15 bits per heavy atom. The predicted octanol–water partition coefficient (Wildman–Crippen LogP) is 2.82. The van der Waals surface area contributed by atoms with Gasteiger partial charge in [0.05, 0.1) is 18.9 Å². The van der Waals surface area contributed by atoms with Gasteiger partial charge >= 0.3 is 0 Å². The summed E-state index contributed by atoms with van der Waals surface area (Å²) in [5.74, 6) is -1.35. The molecule has 0 unspecified atom stereocenters. The van der Waals surface area contributed by atoms with Crippen LogP contribution in [0.15, 0.2) is 42.6 Å². The van der Waals surface area contributed by atoms with Gasteiger partial charge in [-0.05, 0) is 24.3 Å². The molecule has 2 aliphatic rings. The SMILES string of the molecule is O=C(Nc1ccccc1F)c1cc(N2CCC3(CC2)OCCO3)ccn1. The quantitative estimate of drug-likeness (QED) is 0.915. The van der Waals surface area contributed by atoms with Crippen molar-refractivity contribution >= 4 is 17.3 Å². The van der Waals surface area contributed by atoms with Gasteiger partial charge in [0.1, 0.15) is 11.5 Å². The average Bonchev–Trinajstić information content (AvgIpc) is 3.12. The highest BCUT2D eigenvalue weighted by Gasteiger charge is 2.39. The van der Waals surface area contributed by atoms with Gasteiger partial charge in [-0.2, -0.15) is 0 Å². The number of carbonyl (C=O) groups is 1. The maximum absolute atomic E-state index is 13.7. The molecule has 0 radical (unpaired) electrons. The molecule has 26 heavy (non-hydrogen) atoms. The molecule has 7 heteroatoms. The van der Waals surface area contributed by atoms with E-state index in [2.05, 4.69) is 15.2 Å². The highest BCUT2D eigenvalue weighted by atomic mass is 19.1. The number of carbonyl (C=O) groups excluding carboxylic acids is 1. The number of hydrogen-bond acceptors (Lipinski definition) is 5. The van der Waals surface area contributed by atoms with Crippen molar-refractivity contribution < 1.29 is 18.7 Å². The molecule has 3 heterocycles. The Labute approximate surface area is 150 Å². The van der Waals surface area contributed by atoms with Crippen molar-refractivity contribution in [2.45, 2.75) is 18.6 Å². The lowest BCUT2D eigenvalue weighted by Gasteiger charge is -2.38. The van der Waals surface area contributed by atoms with Crippen molar-refractivity contribution in [1.29, 1.82) is 0 Å². The fourth-order valence-electron chi connectivity index (χ4n) is 3.38. The van der Waals surface area contributed by atoms with Crippen LogP contribution in [0.3, 0.4) is 0 Å². The molecule has 2 fully saturated rings. The first kappa shape index (κ1) is 16.9. The van der Waals surface area contributed by atoms with Gasteiger partial charge in [0.2, 0.25) is 0 Å². The number of nitrogens with one attached hydrogen (secondary N) is 1. The molecule has 0 bridgehead atoms. The van der Waals surface area contributed by atoms with Crippen LogP contribution in [0.5, 0.6) is 0 Å². The summed E-state index contributed by atoms with van der Waals surface area (Å²) >= 11 is 0. The van der Waals surface area contributed by atoms with Crippen molar-refractivity contribution in [2.24, 2.45) is 0 Å². The molecule has 2 aliphatic heterocycles. The third-order valence-corrected chi connectivity index (χ3v) is 4.80. The second kappa shape index (κ2) is 7.01. The molecular formula is C19H20FN3O3. The van der Waals surface area contributed by atoms with Gasteiger partial charge in [-0.25, -0.2) is 4.39 Å². The van der Waals surface area contributed by atoms with Crippen LogP contribution in [0.2, 0.25) is 0 Å². The van der Waals surface area contributed by atoms with E-state index in [9.17, 15) is 9.18 Å². The van der Waals surface area contributed by atoms with E-state index in [1.807, 2.05) is 6.07 Å². The molecule has 6 nitrogen and oxygen atoms in total. The number of ether oxygens (including phenoxy) is 2. The molecule has 4 rings (SSSR count). The zero-order chi connectivity index (χ0) is 18.0. The molecule has 0 saturated carbocycles. The van der Waals surface area contributed by atoms with E-state index in [1.54, 1.807) is 24.4 Å². The van der Waals surface area contributed by atoms with Gasteiger partial charge in [-0.3, -0.25) is 9.78 Å². The monoisotopic (exact) mass is 357 g/mol. The summed E-state index contributed by atoms with van der Waals surface area (Å²) in [4.78, 5) is 18.7. The van der Waals surface area contributed by atoms with Crippen LogP contribution in [-0.2, 0) is 9.47 Å². The van der Waals surface area contributed by atoms with E-state index in [1.165, 1.54) is 12.1 Å². The zero-order valence-corrected chi connectivity index (χ0v) is 14.3. The van der Waals surface area contributed by atoms with Crippen molar-refractivity contribution in [3.8, 4) is 0 Å². The van der Waals surface area contributed by atoms with Gasteiger partial charge in [-0.1, -0.05) is 12.1 Å². The maximum atomic E-state index is 13.7. The minimum absolute atomic E-state index is 0.139. The lowest BCUT2D eigenvalue weighted by atomic mass is 10.0. The maximum Gasteiger partial charge on any atom is 0.274 e. The number of benzene rings is 1. The molecule has 1 N–H and O–H groups in total. The van der Waals surface area contributed by atoms with Crippen LogP contribution in [-0.4, -0.2) is 43.0 Å². The first-order chi connectivity index (χ1) is 12.7. The van der Waals surface area contributed by atoms with Crippen LogP contribution in [0.4, 0.5) is 15.8 Å². The van der Waals surface area contributed by atoms with Crippen molar-refractivity contribution in [1.82, 2.24) is 4.98 Å². The largest absolute Gasteiger partial charge is 0.371 e. The number of hydrogen-bond donors (Lipinski definition) is 1. The van der Waals surface area contributed by atoms with E-state index in [4.69, 9.17) is 9.47 Å². The fraction of sp³-hybridized carbons (Fsp3) is 0.368. The summed E-state index contributed by atoms with van der Waals surface area (Å²) < 4.78 is 25.2. The molecule has 136 valence electrons. The summed E-state index contributed by atoms with van der Waals surface area (Å²) in [5, 5.41) is 2.56. The summed E-state index contributed by atoms with van der Waals surface area (Å²) in [6.07, 6.45) is 3.16. The highest BCUT2D eigenvalue weighted by molar-refractivity contribution is 6.03. The van der Waals surface area contributed by atoms with E-state index in [-0.39, 0.29) is 11.4 Å². The molecule has 0 aliphatic carbocycles. The van der Waals surface area contributed by atoms with Crippen LogP contribution >= 0.6 is 0 Å². The number of piperidine rings is 1. The van der Waals surface area contributed by atoms with Gasteiger partial charge in [-0.15, -0.1) is 0 Å². The lowest BCUT2D eigenvalue weighted by molar-refractivity contribution is -0.169. The highest BCUT2D eigenvalue weighted by Crippen LogP contribution is 2.33. The van der Waals surface area contributed by atoms with Crippen molar-refractivity contribution in [3.63, 3.8) is 0 Å². The average molecular weight is 357 g/mol. The molecule has 1 aromatic heterocycles. The number of amides is 1. The smallest absolute Gasteiger partial charge is 0.274 e. The van der Waals surface area contributed by atoms with E-state index in [0.29, 0.717) is 13.2 Å². The molecular weight excluding hydrogens is 337 g/mol. The van der Waals surface area contributed by atoms with Gasteiger partial charge in [0, 0.05) is 37.8 Å². The molecule has 2 saturated heterocycles. The van der Waals surface area contributed by atoms with Crippen molar-refractivity contribution in [3.05, 3.63) is 54.1 Å². The second-order valence-corrected chi connectivity index (χ2v) is 6.43. The number of para-hydroxylation sites is 1. The molecule has 2 aromatic rings. The van der Waals surface area contributed by atoms with E-state index >= 15 is 0 Å². The number of aromatic nitrogens is 1. The van der Waals surface area contributed by atoms with Gasteiger partial charge in [0.15, 0.2) is 5.79 Å². The summed E-state index contributed by atoms with van der Waals surface area (Å²) in [5.41, 5.74) is 1.30. The molecule has 1 aromatic carbocycles. The van der Waals surface area contributed by atoms with Crippen LogP contribution in [0.25, 0.3) is 0 Å². The Kier molecular flexibility index (Phi) is 4.57. The summed E-state index contributed by atoms with van der Waals surface area (Å²) in [6.45, 7) is 2.85.